The van der Waals surface area contributed by atoms with Crippen molar-refractivity contribution in [1.29, 1.82) is 0 Å². The van der Waals surface area contributed by atoms with Crippen molar-refractivity contribution in [2.75, 3.05) is 0 Å². The number of carboxylic acid groups (broad SMARTS) is 1. The summed E-state index contributed by atoms with van der Waals surface area (Å²) in [7, 11) is 0. The van der Waals surface area contributed by atoms with E-state index in [1.807, 2.05) is 54.1 Å². The molecule has 4 nitrogen and oxygen atoms in total. The lowest BCUT2D eigenvalue weighted by Gasteiger charge is -2.24. The third kappa shape index (κ3) is 5.66. The van der Waals surface area contributed by atoms with Crippen LogP contribution in [0.25, 0.3) is 6.08 Å². The molecule has 0 unspecified atom stereocenters. The van der Waals surface area contributed by atoms with E-state index in [0.29, 0.717) is 13.0 Å². The van der Waals surface area contributed by atoms with Crippen LogP contribution in [0.2, 0.25) is 5.02 Å². The van der Waals surface area contributed by atoms with Crippen molar-refractivity contribution < 1.29 is 9.90 Å². The van der Waals surface area contributed by atoms with Gasteiger partial charge in [-0.2, -0.15) is 0 Å². The van der Waals surface area contributed by atoms with E-state index < -0.39 is 11.4 Å². The smallest absolute Gasteiger partial charge is 0.313 e. The second-order valence-electron chi connectivity index (χ2n) is 8.24. The summed E-state index contributed by atoms with van der Waals surface area (Å²) in [6.07, 6.45) is 7.46. The van der Waals surface area contributed by atoms with Gasteiger partial charge >= 0.3 is 5.97 Å². The average Bonchev–Trinajstić information content (AvgIpc) is 3.38. The van der Waals surface area contributed by atoms with Gasteiger partial charge in [0, 0.05) is 22.7 Å². The summed E-state index contributed by atoms with van der Waals surface area (Å²) in [5.41, 5.74) is 1.79. The standard InChI is InChI=1S/C25H29ClN2O2S/c1-4-5-12-23-27-16-20(28(23)17-18-9-6-7-11-22(18)26)14-19(25(2,3)24(29)30)15-21-10-8-13-31-21/h6-11,13-14,16H,4-5,12,15,17H2,1-3H3,(H,29,30)/b19-14+. The molecule has 0 fully saturated rings. The Kier molecular flexibility index (Phi) is 7.74. The van der Waals surface area contributed by atoms with E-state index in [1.165, 1.54) is 0 Å². The second-order valence-corrected chi connectivity index (χ2v) is 9.68. The number of carboxylic acids is 1. The zero-order chi connectivity index (χ0) is 22.4. The number of carbonyl (C=O) groups is 1. The molecule has 0 amide bonds. The SMILES string of the molecule is CCCCc1ncc(/C=C(\Cc2cccs2)C(C)(C)C(=O)O)n1Cc1ccccc1Cl. The molecule has 0 atom stereocenters. The highest BCUT2D eigenvalue weighted by atomic mass is 35.5. The van der Waals surface area contributed by atoms with E-state index in [9.17, 15) is 9.90 Å². The number of aryl methyl sites for hydroxylation is 1. The normalized spacial score (nSPS) is 12.3. The molecule has 2 aromatic heterocycles. The largest absolute Gasteiger partial charge is 0.481 e. The van der Waals surface area contributed by atoms with E-state index in [-0.39, 0.29) is 0 Å². The Morgan fingerprint density at radius 3 is 2.68 bits per heavy atom. The van der Waals surface area contributed by atoms with Gasteiger partial charge in [-0.3, -0.25) is 4.79 Å². The maximum atomic E-state index is 12.1. The van der Waals surface area contributed by atoms with E-state index >= 15 is 0 Å². The highest BCUT2D eigenvalue weighted by Gasteiger charge is 2.32. The molecule has 0 aliphatic heterocycles. The van der Waals surface area contributed by atoms with Gasteiger partial charge in [0.25, 0.3) is 0 Å². The molecule has 1 aromatic carbocycles. The predicted molar refractivity (Wildman–Crippen MR) is 129 cm³/mol. The summed E-state index contributed by atoms with van der Waals surface area (Å²) in [6, 6.07) is 11.9. The Labute approximate surface area is 193 Å². The average molecular weight is 457 g/mol. The maximum absolute atomic E-state index is 12.1. The lowest BCUT2D eigenvalue weighted by Crippen LogP contribution is -2.27. The van der Waals surface area contributed by atoms with Crippen molar-refractivity contribution in [3.05, 3.63) is 80.5 Å². The molecule has 0 aliphatic rings. The van der Waals surface area contributed by atoms with Crippen molar-refractivity contribution in [3.63, 3.8) is 0 Å². The van der Waals surface area contributed by atoms with Crippen molar-refractivity contribution >= 4 is 35.0 Å². The van der Waals surface area contributed by atoms with E-state index in [1.54, 1.807) is 25.2 Å². The molecule has 0 saturated heterocycles. The molecule has 2 heterocycles. The quantitative estimate of drug-likeness (QED) is 0.368. The van der Waals surface area contributed by atoms with Gasteiger partial charge in [0.2, 0.25) is 0 Å². The summed E-state index contributed by atoms with van der Waals surface area (Å²) in [6.45, 7) is 6.30. The first kappa shape index (κ1) is 23.3. The molecule has 0 aliphatic carbocycles. The molecule has 164 valence electrons. The second kappa shape index (κ2) is 10.3. The summed E-state index contributed by atoms with van der Waals surface area (Å²) in [4.78, 5) is 17.9. The number of hydrogen-bond acceptors (Lipinski definition) is 3. The van der Waals surface area contributed by atoms with Crippen LogP contribution in [0.15, 0.2) is 53.5 Å². The van der Waals surface area contributed by atoms with Crippen LogP contribution in [-0.2, 0) is 24.2 Å². The number of benzene rings is 1. The Bertz CT molecular complexity index is 1050. The fourth-order valence-electron chi connectivity index (χ4n) is 3.43. The lowest BCUT2D eigenvalue weighted by molar-refractivity contribution is -0.144. The molecule has 0 saturated carbocycles. The minimum Gasteiger partial charge on any atom is -0.481 e. The van der Waals surface area contributed by atoms with Crippen LogP contribution in [-0.4, -0.2) is 20.6 Å². The minimum absolute atomic E-state index is 0.596. The number of rotatable bonds is 10. The Morgan fingerprint density at radius 1 is 1.26 bits per heavy atom. The minimum atomic E-state index is -0.993. The number of hydrogen-bond donors (Lipinski definition) is 1. The molecular weight excluding hydrogens is 428 g/mol. The summed E-state index contributed by atoms with van der Waals surface area (Å²) in [5.74, 6) is 0.162. The van der Waals surface area contributed by atoms with Crippen LogP contribution in [0.3, 0.4) is 0 Å². The molecule has 6 heteroatoms. The maximum Gasteiger partial charge on any atom is 0.313 e. The Morgan fingerprint density at radius 2 is 2.03 bits per heavy atom. The molecule has 31 heavy (non-hydrogen) atoms. The molecular formula is C25H29ClN2O2S. The van der Waals surface area contributed by atoms with Gasteiger partial charge in [-0.1, -0.05) is 49.2 Å². The Hall–Kier alpha value is -2.37. The topological polar surface area (TPSA) is 55.1 Å². The third-order valence-corrected chi connectivity index (χ3v) is 6.86. The van der Waals surface area contributed by atoms with Crippen molar-refractivity contribution in [2.24, 2.45) is 5.41 Å². The van der Waals surface area contributed by atoms with Crippen LogP contribution in [0, 0.1) is 5.41 Å². The predicted octanol–water partition coefficient (Wildman–Crippen LogP) is 6.73. The first-order chi connectivity index (χ1) is 14.8. The zero-order valence-corrected chi connectivity index (χ0v) is 19.8. The number of imidazole rings is 1. The van der Waals surface area contributed by atoms with Crippen LogP contribution in [0.4, 0.5) is 0 Å². The van der Waals surface area contributed by atoms with Gasteiger partial charge in [-0.05, 0) is 55.0 Å². The molecule has 3 rings (SSSR count). The van der Waals surface area contributed by atoms with Crippen molar-refractivity contribution in [1.82, 2.24) is 9.55 Å². The highest BCUT2D eigenvalue weighted by Crippen LogP contribution is 2.33. The van der Waals surface area contributed by atoms with Crippen LogP contribution in [0.5, 0.6) is 0 Å². The van der Waals surface area contributed by atoms with E-state index in [4.69, 9.17) is 11.6 Å². The van der Waals surface area contributed by atoms with Gasteiger partial charge in [-0.25, -0.2) is 4.98 Å². The van der Waals surface area contributed by atoms with Crippen molar-refractivity contribution in [2.45, 2.75) is 53.0 Å². The number of nitrogens with zero attached hydrogens (tertiary/aromatic N) is 2. The van der Waals surface area contributed by atoms with Crippen LogP contribution in [0.1, 0.15) is 55.6 Å². The van der Waals surface area contributed by atoms with Crippen molar-refractivity contribution in [3.8, 4) is 0 Å². The fourth-order valence-corrected chi connectivity index (χ4v) is 4.35. The number of unbranched alkanes of at least 4 members (excludes halogenated alkanes) is 1. The van der Waals surface area contributed by atoms with E-state index in [0.717, 1.165) is 51.8 Å². The molecule has 0 radical (unpaired) electrons. The van der Waals surface area contributed by atoms with Gasteiger partial charge in [0.15, 0.2) is 0 Å². The number of aromatic nitrogens is 2. The number of thiophene rings is 1. The summed E-state index contributed by atoms with van der Waals surface area (Å²) in [5, 5.41) is 12.6. The molecule has 0 spiro atoms. The number of aliphatic carboxylic acids is 1. The molecule has 3 aromatic rings. The highest BCUT2D eigenvalue weighted by molar-refractivity contribution is 7.09. The number of halogens is 1. The van der Waals surface area contributed by atoms with Crippen LogP contribution < -0.4 is 0 Å². The summed E-state index contributed by atoms with van der Waals surface area (Å²) < 4.78 is 2.17. The third-order valence-electron chi connectivity index (χ3n) is 5.61. The Balaban J connectivity index is 2.07. The monoisotopic (exact) mass is 456 g/mol. The lowest BCUT2D eigenvalue weighted by atomic mass is 9.81. The zero-order valence-electron chi connectivity index (χ0n) is 18.3. The molecule has 1 N–H and O–H groups in total. The summed E-state index contributed by atoms with van der Waals surface area (Å²) >= 11 is 8.08. The van der Waals surface area contributed by atoms with Gasteiger partial charge < -0.3 is 9.67 Å². The van der Waals surface area contributed by atoms with E-state index in [2.05, 4.69) is 16.5 Å². The molecule has 0 bridgehead atoms. The van der Waals surface area contributed by atoms with Gasteiger partial charge in [0.05, 0.1) is 23.9 Å². The van der Waals surface area contributed by atoms with Gasteiger partial charge in [-0.15, -0.1) is 11.3 Å². The van der Waals surface area contributed by atoms with Crippen LogP contribution >= 0.6 is 22.9 Å². The first-order valence-corrected chi connectivity index (χ1v) is 11.8. The fraction of sp³-hybridized carbons (Fsp3) is 0.360. The van der Waals surface area contributed by atoms with Gasteiger partial charge in [0.1, 0.15) is 5.82 Å². The first-order valence-electron chi connectivity index (χ1n) is 10.6.